The van der Waals surface area contributed by atoms with E-state index in [9.17, 15) is 4.79 Å². The van der Waals surface area contributed by atoms with E-state index in [2.05, 4.69) is 10.3 Å². The molecule has 25 heavy (non-hydrogen) atoms. The molecule has 0 fully saturated rings. The molecule has 0 aliphatic carbocycles. The van der Waals surface area contributed by atoms with Gasteiger partial charge in [0.15, 0.2) is 11.0 Å². The lowest BCUT2D eigenvalue weighted by atomic mass is 10.1. The molecule has 0 amide bonds. The number of nitrogens with one attached hydrogen (secondary N) is 1. The molecule has 1 aliphatic rings. The van der Waals surface area contributed by atoms with Crippen LogP contribution >= 0.6 is 35.0 Å². The standard InChI is InChI=1S/C19H16Cl2N2OS/c20-15-6-2-13(17(21)12-15)5-9-18(24)14-3-7-16(8-4-14)23-19-22-10-1-11-25-19/h2-9,12H,1,10-11H2,(H,22,23). The van der Waals surface area contributed by atoms with Crippen molar-refractivity contribution in [3.8, 4) is 0 Å². The number of rotatable bonds is 4. The van der Waals surface area contributed by atoms with Gasteiger partial charge in [-0.05, 0) is 60.5 Å². The Morgan fingerprint density at radius 3 is 2.64 bits per heavy atom. The zero-order valence-electron chi connectivity index (χ0n) is 13.3. The fourth-order valence-electron chi connectivity index (χ4n) is 2.27. The third-order valence-corrected chi connectivity index (χ3v) is 5.15. The fourth-order valence-corrected chi connectivity index (χ4v) is 3.59. The number of hydrogen-bond acceptors (Lipinski definition) is 4. The number of halogens is 2. The summed E-state index contributed by atoms with van der Waals surface area (Å²) in [4.78, 5) is 16.7. The van der Waals surface area contributed by atoms with E-state index in [1.807, 2.05) is 12.1 Å². The Hall–Kier alpha value is -1.75. The van der Waals surface area contributed by atoms with E-state index in [0.29, 0.717) is 15.6 Å². The maximum absolute atomic E-state index is 12.3. The van der Waals surface area contributed by atoms with Crippen LogP contribution in [0.5, 0.6) is 0 Å². The van der Waals surface area contributed by atoms with Gasteiger partial charge in [-0.1, -0.05) is 41.0 Å². The van der Waals surface area contributed by atoms with Crippen molar-refractivity contribution in [2.24, 2.45) is 4.99 Å². The first-order valence-corrected chi connectivity index (χ1v) is 9.58. The maximum atomic E-state index is 12.3. The highest BCUT2D eigenvalue weighted by Crippen LogP contribution is 2.22. The molecule has 0 unspecified atom stereocenters. The van der Waals surface area contributed by atoms with Crippen molar-refractivity contribution >= 4 is 57.7 Å². The fraction of sp³-hybridized carbons (Fsp3) is 0.158. The predicted molar refractivity (Wildman–Crippen MR) is 109 cm³/mol. The number of nitrogens with zero attached hydrogens (tertiary/aromatic N) is 1. The average Bonchev–Trinajstić information content (AvgIpc) is 2.62. The SMILES string of the molecule is O=C(C=Cc1ccc(Cl)cc1Cl)c1ccc(NC2=NCCCS2)cc1. The van der Waals surface area contributed by atoms with Crippen LogP contribution < -0.4 is 5.32 Å². The van der Waals surface area contributed by atoms with Crippen molar-refractivity contribution in [1.29, 1.82) is 0 Å². The van der Waals surface area contributed by atoms with Gasteiger partial charge >= 0.3 is 0 Å². The van der Waals surface area contributed by atoms with E-state index in [4.69, 9.17) is 23.2 Å². The topological polar surface area (TPSA) is 41.5 Å². The first-order valence-electron chi connectivity index (χ1n) is 7.83. The summed E-state index contributed by atoms with van der Waals surface area (Å²) in [5.41, 5.74) is 2.30. The van der Waals surface area contributed by atoms with Crippen molar-refractivity contribution in [2.45, 2.75) is 6.42 Å². The maximum Gasteiger partial charge on any atom is 0.185 e. The van der Waals surface area contributed by atoms with Gasteiger partial charge in [0.2, 0.25) is 0 Å². The molecule has 0 atom stereocenters. The minimum atomic E-state index is -0.0815. The summed E-state index contributed by atoms with van der Waals surface area (Å²) in [6, 6.07) is 12.5. The second-order valence-corrected chi connectivity index (χ2v) is 7.38. The summed E-state index contributed by atoms with van der Waals surface area (Å²) < 4.78 is 0. The number of benzene rings is 2. The summed E-state index contributed by atoms with van der Waals surface area (Å²) in [5, 5.41) is 5.29. The number of aliphatic imine (C=N–C) groups is 1. The molecule has 6 heteroatoms. The summed E-state index contributed by atoms with van der Waals surface area (Å²) in [7, 11) is 0. The number of allylic oxidation sites excluding steroid dienone is 1. The minimum Gasteiger partial charge on any atom is -0.335 e. The average molecular weight is 391 g/mol. The Morgan fingerprint density at radius 1 is 1.16 bits per heavy atom. The van der Waals surface area contributed by atoms with Crippen molar-refractivity contribution in [3.05, 3.63) is 69.7 Å². The second kappa shape index (κ2) is 8.56. The van der Waals surface area contributed by atoms with Crippen LogP contribution in [0.15, 0.2) is 53.5 Å². The van der Waals surface area contributed by atoms with Crippen molar-refractivity contribution in [3.63, 3.8) is 0 Å². The Bertz CT molecular complexity index is 832. The Labute approximate surface area is 161 Å². The van der Waals surface area contributed by atoms with Gasteiger partial charge in [-0.25, -0.2) is 0 Å². The Morgan fingerprint density at radius 2 is 1.96 bits per heavy atom. The van der Waals surface area contributed by atoms with Crippen molar-refractivity contribution in [2.75, 3.05) is 17.6 Å². The zero-order valence-corrected chi connectivity index (χ0v) is 15.7. The first-order chi connectivity index (χ1) is 12.1. The number of carbonyl (C=O) groups excluding carboxylic acids is 1. The van der Waals surface area contributed by atoms with E-state index in [-0.39, 0.29) is 5.78 Å². The number of carbonyl (C=O) groups is 1. The molecule has 0 bridgehead atoms. The van der Waals surface area contributed by atoms with Crippen LogP contribution in [-0.2, 0) is 0 Å². The first kappa shape index (κ1) is 18.1. The van der Waals surface area contributed by atoms with Gasteiger partial charge in [-0.3, -0.25) is 9.79 Å². The molecule has 0 saturated heterocycles. The van der Waals surface area contributed by atoms with Gasteiger partial charge in [-0.15, -0.1) is 0 Å². The second-order valence-electron chi connectivity index (χ2n) is 5.45. The van der Waals surface area contributed by atoms with Crippen LogP contribution in [-0.4, -0.2) is 23.2 Å². The van der Waals surface area contributed by atoms with Gasteiger partial charge in [0.1, 0.15) is 0 Å². The van der Waals surface area contributed by atoms with E-state index in [1.54, 1.807) is 48.2 Å². The van der Waals surface area contributed by atoms with E-state index in [1.165, 1.54) is 6.08 Å². The predicted octanol–water partition coefficient (Wildman–Crippen LogP) is 5.79. The van der Waals surface area contributed by atoms with Crippen molar-refractivity contribution < 1.29 is 4.79 Å². The van der Waals surface area contributed by atoms with E-state index >= 15 is 0 Å². The minimum absolute atomic E-state index is 0.0815. The van der Waals surface area contributed by atoms with Crippen LogP contribution in [0, 0.1) is 0 Å². The van der Waals surface area contributed by atoms with Gasteiger partial charge in [0, 0.05) is 33.6 Å². The van der Waals surface area contributed by atoms with Crippen LogP contribution in [0.3, 0.4) is 0 Å². The Balaban J connectivity index is 1.66. The van der Waals surface area contributed by atoms with Crippen molar-refractivity contribution in [1.82, 2.24) is 0 Å². The lowest BCUT2D eigenvalue weighted by Crippen LogP contribution is -2.13. The lowest BCUT2D eigenvalue weighted by molar-refractivity contribution is 0.104. The molecule has 1 heterocycles. The molecule has 0 saturated carbocycles. The van der Waals surface area contributed by atoms with Gasteiger partial charge in [0.25, 0.3) is 0 Å². The lowest BCUT2D eigenvalue weighted by Gasteiger charge is -2.13. The quantitative estimate of drug-likeness (QED) is 0.530. The highest BCUT2D eigenvalue weighted by Gasteiger charge is 2.07. The molecule has 3 rings (SSSR count). The summed E-state index contributed by atoms with van der Waals surface area (Å²) >= 11 is 13.7. The van der Waals surface area contributed by atoms with Gasteiger partial charge < -0.3 is 5.32 Å². The van der Waals surface area contributed by atoms with Crippen LogP contribution in [0.1, 0.15) is 22.3 Å². The summed E-state index contributed by atoms with van der Waals surface area (Å²) in [6.07, 6.45) is 4.33. The molecule has 0 spiro atoms. The van der Waals surface area contributed by atoms with Crippen LogP contribution in [0.25, 0.3) is 6.08 Å². The highest BCUT2D eigenvalue weighted by molar-refractivity contribution is 8.14. The molecular formula is C19H16Cl2N2OS. The molecule has 3 nitrogen and oxygen atoms in total. The molecule has 0 radical (unpaired) electrons. The highest BCUT2D eigenvalue weighted by atomic mass is 35.5. The third kappa shape index (κ3) is 5.11. The molecular weight excluding hydrogens is 375 g/mol. The number of anilines is 1. The van der Waals surface area contributed by atoms with Gasteiger partial charge in [0.05, 0.1) is 0 Å². The largest absolute Gasteiger partial charge is 0.335 e. The summed E-state index contributed by atoms with van der Waals surface area (Å²) in [6.45, 7) is 0.865. The molecule has 1 N–H and O–H groups in total. The van der Waals surface area contributed by atoms with E-state index < -0.39 is 0 Å². The number of amidine groups is 1. The number of hydrogen-bond donors (Lipinski definition) is 1. The number of ketones is 1. The smallest absolute Gasteiger partial charge is 0.185 e. The number of thioether (sulfide) groups is 1. The molecule has 2 aromatic carbocycles. The zero-order chi connectivity index (χ0) is 17.6. The van der Waals surface area contributed by atoms with Crippen LogP contribution in [0.4, 0.5) is 5.69 Å². The van der Waals surface area contributed by atoms with Crippen LogP contribution in [0.2, 0.25) is 10.0 Å². The Kier molecular flexibility index (Phi) is 6.19. The molecule has 128 valence electrons. The third-order valence-electron chi connectivity index (χ3n) is 3.59. The molecule has 1 aliphatic heterocycles. The molecule has 0 aromatic heterocycles. The van der Waals surface area contributed by atoms with Gasteiger partial charge in [-0.2, -0.15) is 0 Å². The molecule has 2 aromatic rings. The monoisotopic (exact) mass is 390 g/mol. The van der Waals surface area contributed by atoms with E-state index in [0.717, 1.165) is 35.1 Å². The summed E-state index contributed by atoms with van der Waals surface area (Å²) in [5.74, 6) is 1.00. The normalized spacial score (nSPS) is 14.4.